The number of nitrogens with zero attached hydrogens (tertiary/aromatic N) is 2. The molecule has 0 spiro atoms. The van der Waals surface area contributed by atoms with Crippen LogP contribution in [0.4, 0.5) is 5.82 Å². The van der Waals surface area contributed by atoms with Crippen molar-refractivity contribution in [2.45, 2.75) is 40.2 Å². The van der Waals surface area contributed by atoms with Crippen molar-refractivity contribution in [3.05, 3.63) is 26.4 Å². The molecular formula is C15H26N4O3. The molecule has 0 unspecified atom stereocenters. The zero-order chi connectivity index (χ0) is 16.9. The number of hydrogen-bond acceptors (Lipinski definition) is 5. The van der Waals surface area contributed by atoms with Gasteiger partial charge in [0.15, 0.2) is 5.78 Å². The first-order valence-electron chi connectivity index (χ1n) is 7.62. The van der Waals surface area contributed by atoms with Crippen molar-refractivity contribution in [2.24, 2.45) is 5.92 Å². The third-order valence-electron chi connectivity index (χ3n) is 3.37. The Morgan fingerprint density at radius 3 is 2.55 bits per heavy atom. The second-order valence-corrected chi connectivity index (χ2v) is 6.04. The zero-order valence-corrected chi connectivity index (χ0v) is 13.8. The van der Waals surface area contributed by atoms with Gasteiger partial charge in [-0.3, -0.25) is 24.0 Å². The van der Waals surface area contributed by atoms with Crippen LogP contribution in [0.25, 0.3) is 0 Å². The van der Waals surface area contributed by atoms with Crippen molar-refractivity contribution in [1.29, 1.82) is 0 Å². The molecule has 7 heteroatoms. The van der Waals surface area contributed by atoms with Gasteiger partial charge in [0, 0.05) is 6.54 Å². The zero-order valence-electron chi connectivity index (χ0n) is 13.8. The molecule has 0 aliphatic rings. The van der Waals surface area contributed by atoms with E-state index in [0.29, 0.717) is 6.54 Å². The lowest BCUT2D eigenvalue weighted by atomic mass is 10.1. The van der Waals surface area contributed by atoms with E-state index in [1.54, 1.807) is 0 Å². The van der Waals surface area contributed by atoms with Gasteiger partial charge < -0.3 is 5.73 Å². The summed E-state index contributed by atoms with van der Waals surface area (Å²) in [5.74, 6) is -0.243. The highest BCUT2D eigenvalue weighted by Gasteiger charge is 2.20. The van der Waals surface area contributed by atoms with Gasteiger partial charge in [0.2, 0.25) is 0 Å². The Balaban J connectivity index is 3.11. The number of anilines is 1. The van der Waals surface area contributed by atoms with E-state index in [1.807, 2.05) is 25.8 Å². The van der Waals surface area contributed by atoms with E-state index in [0.717, 1.165) is 19.4 Å². The number of aromatic nitrogens is 2. The van der Waals surface area contributed by atoms with Gasteiger partial charge in [0.1, 0.15) is 11.4 Å². The lowest BCUT2D eigenvalue weighted by Gasteiger charge is -2.17. The highest BCUT2D eigenvalue weighted by molar-refractivity contribution is 6.01. The van der Waals surface area contributed by atoms with Crippen LogP contribution in [0.15, 0.2) is 9.59 Å². The molecule has 1 aromatic rings. The van der Waals surface area contributed by atoms with Crippen LogP contribution in [0.1, 0.15) is 44.0 Å². The van der Waals surface area contributed by atoms with Crippen molar-refractivity contribution in [3.8, 4) is 0 Å². The van der Waals surface area contributed by atoms with Crippen LogP contribution in [-0.4, -0.2) is 40.4 Å². The molecule has 1 rings (SSSR count). The van der Waals surface area contributed by atoms with Crippen LogP contribution >= 0.6 is 0 Å². The normalized spacial score (nSPS) is 11.4. The number of nitrogens with one attached hydrogen (secondary N) is 1. The average Bonchev–Trinajstić information content (AvgIpc) is 2.40. The number of aromatic amines is 1. The lowest BCUT2D eigenvalue weighted by molar-refractivity contribution is 0.0944. The summed E-state index contributed by atoms with van der Waals surface area (Å²) in [7, 11) is 1.82. The number of Topliss-reactive ketones (excluding diaryl/α,β-unsaturated/α-hetero) is 1. The Morgan fingerprint density at radius 2 is 2.00 bits per heavy atom. The Morgan fingerprint density at radius 1 is 1.36 bits per heavy atom. The predicted octanol–water partition coefficient (Wildman–Crippen LogP) is 0.689. The number of carbonyl (C=O) groups is 1. The molecule has 1 aromatic heterocycles. The van der Waals surface area contributed by atoms with E-state index in [-0.39, 0.29) is 29.6 Å². The first-order chi connectivity index (χ1) is 10.3. The highest BCUT2D eigenvalue weighted by Crippen LogP contribution is 2.08. The summed E-state index contributed by atoms with van der Waals surface area (Å²) in [5.41, 5.74) is 4.50. The van der Waals surface area contributed by atoms with Crippen molar-refractivity contribution < 1.29 is 4.79 Å². The van der Waals surface area contributed by atoms with E-state index in [2.05, 4.69) is 11.9 Å². The summed E-state index contributed by atoms with van der Waals surface area (Å²) in [6.07, 6.45) is 2.00. The molecule has 0 aromatic carbocycles. The van der Waals surface area contributed by atoms with Crippen LogP contribution in [0.5, 0.6) is 0 Å². The second-order valence-electron chi connectivity index (χ2n) is 6.04. The maximum atomic E-state index is 12.4. The van der Waals surface area contributed by atoms with Gasteiger partial charge in [-0.1, -0.05) is 27.2 Å². The first kappa shape index (κ1) is 18.2. The van der Waals surface area contributed by atoms with Gasteiger partial charge in [-0.05, 0) is 25.9 Å². The van der Waals surface area contributed by atoms with Crippen LogP contribution in [0.3, 0.4) is 0 Å². The molecule has 1 heterocycles. The van der Waals surface area contributed by atoms with Gasteiger partial charge in [-0.15, -0.1) is 0 Å². The average molecular weight is 310 g/mol. The van der Waals surface area contributed by atoms with Gasteiger partial charge in [0.05, 0.1) is 6.54 Å². The smallest absolute Gasteiger partial charge is 0.329 e. The molecule has 0 aliphatic heterocycles. The fourth-order valence-electron chi connectivity index (χ4n) is 2.23. The summed E-state index contributed by atoms with van der Waals surface area (Å²) < 4.78 is 1.26. The summed E-state index contributed by atoms with van der Waals surface area (Å²) in [4.78, 5) is 40.2. The molecular weight excluding hydrogens is 284 g/mol. The second kappa shape index (κ2) is 7.93. The Bertz CT molecular complexity index is 631. The third kappa shape index (κ3) is 4.56. The first-order valence-corrected chi connectivity index (χ1v) is 7.62. The van der Waals surface area contributed by atoms with E-state index in [1.165, 1.54) is 4.57 Å². The largest absolute Gasteiger partial charge is 0.384 e. The molecule has 0 fully saturated rings. The Hall–Kier alpha value is -1.89. The molecule has 22 heavy (non-hydrogen) atoms. The van der Waals surface area contributed by atoms with Gasteiger partial charge >= 0.3 is 5.69 Å². The SMILES string of the molecule is CCCCN(C)CC(=O)c1c(N)n(CC(C)C)c(=O)[nH]c1=O. The van der Waals surface area contributed by atoms with E-state index in [4.69, 9.17) is 5.73 Å². The quantitative estimate of drug-likeness (QED) is 0.688. The monoisotopic (exact) mass is 310 g/mol. The molecule has 0 amide bonds. The predicted molar refractivity (Wildman–Crippen MR) is 87.3 cm³/mol. The number of ketones is 1. The van der Waals surface area contributed by atoms with Crippen LogP contribution in [-0.2, 0) is 6.54 Å². The van der Waals surface area contributed by atoms with Gasteiger partial charge in [-0.25, -0.2) is 4.79 Å². The summed E-state index contributed by atoms with van der Waals surface area (Å²) >= 11 is 0. The number of H-pyrrole nitrogens is 1. The number of hydrogen-bond donors (Lipinski definition) is 2. The molecule has 0 radical (unpaired) electrons. The van der Waals surface area contributed by atoms with Crippen molar-refractivity contribution in [2.75, 3.05) is 25.9 Å². The molecule has 0 saturated heterocycles. The summed E-state index contributed by atoms with van der Waals surface area (Å²) in [6.45, 7) is 7.15. The number of likely N-dealkylation sites (N-methyl/N-ethyl adjacent to an activating group) is 1. The van der Waals surface area contributed by atoms with Gasteiger partial charge in [0.25, 0.3) is 5.56 Å². The maximum Gasteiger partial charge on any atom is 0.329 e. The minimum absolute atomic E-state index is 0.0451. The number of carbonyl (C=O) groups excluding carboxylic acids is 1. The standard InChI is InChI=1S/C15H26N4O3/c1-5-6-7-18(4)9-11(20)12-13(16)19(8-10(2)3)15(22)17-14(12)21/h10H,5-9,16H2,1-4H3,(H,17,21,22). The van der Waals surface area contributed by atoms with Gasteiger partial charge in [-0.2, -0.15) is 0 Å². The van der Waals surface area contributed by atoms with Crippen LogP contribution < -0.4 is 17.0 Å². The topological polar surface area (TPSA) is 101 Å². The molecule has 3 N–H and O–H groups in total. The maximum absolute atomic E-state index is 12.4. The number of nitrogen functional groups attached to an aromatic ring is 1. The molecule has 7 nitrogen and oxygen atoms in total. The highest BCUT2D eigenvalue weighted by atomic mass is 16.2. The van der Waals surface area contributed by atoms with Crippen LogP contribution in [0, 0.1) is 5.92 Å². The fraction of sp³-hybridized carbons (Fsp3) is 0.667. The Kier molecular flexibility index (Phi) is 6.55. The third-order valence-corrected chi connectivity index (χ3v) is 3.37. The van der Waals surface area contributed by atoms with Crippen molar-refractivity contribution in [3.63, 3.8) is 0 Å². The minimum Gasteiger partial charge on any atom is -0.384 e. The molecule has 0 aliphatic carbocycles. The minimum atomic E-state index is -0.712. The fourth-order valence-corrected chi connectivity index (χ4v) is 2.23. The molecule has 0 bridgehead atoms. The van der Waals surface area contributed by atoms with Crippen molar-refractivity contribution >= 4 is 11.6 Å². The Labute approximate surface area is 130 Å². The summed E-state index contributed by atoms with van der Waals surface area (Å²) in [5, 5.41) is 0. The molecule has 124 valence electrons. The lowest BCUT2D eigenvalue weighted by Crippen LogP contribution is -2.39. The molecule has 0 saturated carbocycles. The van der Waals surface area contributed by atoms with Crippen molar-refractivity contribution in [1.82, 2.24) is 14.5 Å². The number of unbranched alkanes of at least 4 members (excludes halogenated alkanes) is 1. The molecule has 0 atom stereocenters. The number of rotatable bonds is 8. The van der Waals surface area contributed by atoms with E-state index < -0.39 is 11.2 Å². The summed E-state index contributed by atoms with van der Waals surface area (Å²) in [6, 6.07) is 0. The van der Waals surface area contributed by atoms with E-state index >= 15 is 0 Å². The van der Waals surface area contributed by atoms with E-state index in [9.17, 15) is 14.4 Å². The van der Waals surface area contributed by atoms with Crippen LogP contribution in [0.2, 0.25) is 0 Å². The number of nitrogens with two attached hydrogens (primary N) is 1.